The molecule has 2 N–H and O–H groups in total. The van der Waals surface area contributed by atoms with E-state index < -0.39 is 0 Å². The number of hydrogen-bond donors (Lipinski definition) is 2. The highest BCUT2D eigenvalue weighted by atomic mass is 19.1. The van der Waals surface area contributed by atoms with Crippen LogP contribution >= 0.6 is 0 Å². The molecular formula is C33H34FN3O3. The van der Waals surface area contributed by atoms with E-state index in [0.29, 0.717) is 39.3 Å². The van der Waals surface area contributed by atoms with Crippen molar-refractivity contribution in [3.05, 3.63) is 83.7 Å². The van der Waals surface area contributed by atoms with Gasteiger partial charge in [0.15, 0.2) is 0 Å². The van der Waals surface area contributed by atoms with Gasteiger partial charge in [-0.3, -0.25) is 9.59 Å². The third-order valence-electron chi connectivity index (χ3n) is 8.40. The van der Waals surface area contributed by atoms with Crippen molar-refractivity contribution < 1.29 is 18.4 Å². The average Bonchev–Trinajstić information content (AvgIpc) is 3.30. The molecule has 6 rings (SSSR count). The number of fused-ring (bicyclic) bond motifs is 4. The van der Waals surface area contributed by atoms with Crippen LogP contribution in [0, 0.1) is 11.7 Å². The van der Waals surface area contributed by atoms with Crippen molar-refractivity contribution in [3.8, 4) is 22.5 Å². The van der Waals surface area contributed by atoms with Gasteiger partial charge in [-0.15, -0.1) is 0 Å². The molecule has 4 aromatic rings. The molecule has 0 radical (unpaired) electrons. The first-order valence-corrected chi connectivity index (χ1v) is 14.2. The molecule has 2 saturated heterocycles. The minimum absolute atomic E-state index is 0.0479. The van der Waals surface area contributed by atoms with Crippen LogP contribution < -0.4 is 10.6 Å². The molecule has 3 atom stereocenters. The van der Waals surface area contributed by atoms with E-state index >= 15 is 0 Å². The number of amides is 2. The monoisotopic (exact) mass is 539 g/mol. The summed E-state index contributed by atoms with van der Waals surface area (Å²) in [4.78, 5) is 28.9. The lowest BCUT2D eigenvalue weighted by molar-refractivity contribution is 0.0900. The van der Waals surface area contributed by atoms with Gasteiger partial charge >= 0.3 is 0 Å². The number of carbonyl (C=O) groups excluding carboxylic acids is 2. The molecule has 0 aliphatic carbocycles. The second-order valence-corrected chi connectivity index (χ2v) is 11.0. The number of nitrogens with one attached hydrogen (secondary N) is 2. The van der Waals surface area contributed by atoms with Gasteiger partial charge in [-0.25, -0.2) is 4.39 Å². The van der Waals surface area contributed by atoms with Crippen molar-refractivity contribution in [2.24, 2.45) is 5.92 Å². The third kappa shape index (κ3) is 5.26. The number of furan rings is 1. The topological polar surface area (TPSA) is 74.6 Å². The Bertz CT molecular complexity index is 1540. The first-order valence-electron chi connectivity index (χ1n) is 14.2. The molecule has 0 saturated carbocycles. The number of nitrogens with zero attached hydrogens (tertiary/aromatic N) is 1. The summed E-state index contributed by atoms with van der Waals surface area (Å²) >= 11 is 0. The van der Waals surface area contributed by atoms with Crippen molar-refractivity contribution in [3.63, 3.8) is 0 Å². The predicted octanol–water partition coefficient (Wildman–Crippen LogP) is 6.26. The number of halogens is 1. The average molecular weight is 540 g/mol. The van der Waals surface area contributed by atoms with E-state index in [4.69, 9.17) is 4.42 Å². The van der Waals surface area contributed by atoms with E-state index in [1.165, 1.54) is 44.2 Å². The Morgan fingerprint density at radius 1 is 0.875 bits per heavy atom. The third-order valence-corrected chi connectivity index (χ3v) is 8.40. The lowest BCUT2D eigenvalue weighted by atomic mass is 9.89. The van der Waals surface area contributed by atoms with Crippen molar-refractivity contribution in [2.75, 3.05) is 26.7 Å². The van der Waals surface area contributed by atoms with Gasteiger partial charge in [-0.05, 0) is 104 Å². The number of carbonyl (C=O) groups is 2. The zero-order valence-electron chi connectivity index (χ0n) is 22.7. The largest absolute Gasteiger partial charge is 0.455 e. The molecular weight excluding hydrogens is 505 g/mol. The molecule has 3 unspecified atom stereocenters. The molecule has 2 amide bonds. The smallest absolute Gasteiger partial charge is 0.255 e. The second kappa shape index (κ2) is 11.3. The Labute approximate surface area is 233 Å². The van der Waals surface area contributed by atoms with Gasteiger partial charge in [-0.2, -0.15) is 0 Å². The maximum absolute atomic E-state index is 13.5. The van der Waals surface area contributed by atoms with Crippen LogP contribution in [0.4, 0.5) is 4.39 Å². The molecule has 0 spiro atoms. The quantitative estimate of drug-likeness (QED) is 0.314. The summed E-state index contributed by atoms with van der Waals surface area (Å²) in [5, 5.41) is 6.72. The fraction of sp³-hybridized carbons (Fsp3) is 0.333. The summed E-state index contributed by atoms with van der Waals surface area (Å²) in [7, 11) is 1.57. The lowest BCUT2D eigenvalue weighted by Crippen LogP contribution is -2.47. The molecule has 7 heteroatoms. The molecule has 3 aromatic carbocycles. The molecule has 1 aromatic heterocycles. The first kappa shape index (κ1) is 26.3. The highest BCUT2D eigenvalue weighted by Crippen LogP contribution is 2.36. The maximum atomic E-state index is 13.5. The molecule has 2 bridgehead atoms. The highest BCUT2D eigenvalue weighted by Gasteiger charge is 2.30. The van der Waals surface area contributed by atoms with Crippen molar-refractivity contribution in [2.45, 2.75) is 38.1 Å². The fourth-order valence-electron chi connectivity index (χ4n) is 6.27. The Balaban J connectivity index is 1.31. The summed E-state index contributed by atoms with van der Waals surface area (Å²) in [6.45, 7) is 3.16. The Morgan fingerprint density at radius 3 is 2.45 bits per heavy atom. The summed E-state index contributed by atoms with van der Waals surface area (Å²) in [5.74, 6) is 0.221. The van der Waals surface area contributed by atoms with Gasteiger partial charge in [0.1, 0.15) is 17.2 Å². The minimum atomic E-state index is -0.359. The predicted molar refractivity (Wildman–Crippen MR) is 155 cm³/mol. The molecule has 6 nitrogen and oxygen atoms in total. The van der Waals surface area contributed by atoms with E-state index in [1.807, 2.05) is 42.5 Å². The summed E-state index contributed by atoms with van der Waals surface area (Å²) in [5.41, 5.74) is 3.93. The molecule has 2 aliphatic rings. The van der Waals surface area contributed by atoms with Crippen LogP contribution in [0.25, 0.3) is 33.4 Å². The van der Waals surface area contributed by atoms with Crippen molar-refractivity contribution in [1.29, 1.82) is 0 Å². The molecule has 2 fully saturated rings. The molecule has 2 aliphatic heterocycles. The number of hydrogen-bond acceptors (Lipinski definition) is 4. The summed E-state index contributed by atoms with van der Waals surface area (Å²) < 4.78 is 19.6. The van der Waals surface area contributed by atoms with E-state index in [1.54, 1.807) is 19.2 Å². The normalized spacial score (nSPS) is 20.9. The maximum Gasteiger partial charge on any atom is 0.255 e. The van der Waals surface area contributed by atoms with Gasteiger partial charge < -0.3 is 20.0 Å². The van der Waals surface area contributed by atoms with Gasteiger partial charge in [0.2, 0.25) is 0 Å². The fourth-order valence-corrected chi connectivity index (χ4v) is 6.27. The Hall–Kier alpha value is -3.97. The van der Waals surface area contributed by atoms with E-state index in [-0.39, 0.29) is 23.7 Å². The van der Waals surface area contributed by atoms with E-state index in [2.05, 4.69) is 15.5 Å². The van der Waals surface area contributed by atoms with E-state index in [9.17, 15) is 14.0 Å². The van der Waals surface area contributed by atoms with E-state index in [0.717, 1.165) is 30.8 Å². The van der Waals surface area contributed by atoms with Gasteiger partial charge in [-0.1, -0.05) is 24.6 Å². The first-order chi connectivity index (χ1) is 19.5. The summed E-state index contributed by atoms with van der Waals surface area (Å²) in [6.07, 6.45) is 6.01. The highest BCUT2D eigenvalue weighted by molar-refractivity contribution is 6.11. The molecule has 206 valence electrons. The van der Waals surface area contributed by atoms with Gasteiger partial charge in [0.05, 0.1) is 5.56 Å². The minimum Gasteiger partial charge on any atom is -0.455 e. The zero-order valence-corrected chi connectivity index (χ0v) is 22.7. The van der Waals surface area contributed by atoms with Crippen LogP contribution in [0.1, 0.15) is 52.8 Å². The van der Waals surface area contributed by atoms with Crippen LogP contribution in [0.3, 0.4) is 0 Å². The lowest BCUT2D eigenvalue weighted by Gasteiger charge is -2.32. The van der Waals surface area contributed by atoms with Crippen LogP contribution in [0.2, 0.25) is 0 Å². The van der Waals surface area contributed by atoms with Crippen LogP contribution in [0.5, 0.6) is 0 Å². The zero-order chi connectivity index (χ0) is 27.6. The van der Waals surface area contributed by atoms with Crippen molar-refractivity contribution in [1.82, 2.24) is 15.5 Å². The van der Waals surface area contributed by atoms with Gasteiger partial charge in [0.25, 0.3) is 11.8 Å². The SMILES string of the molecule is CNC(=O)c1c(-c2ccc(F)cc2)oc2ccc(-c3cccc(C(=O)NC4CN5CCCCC4CCC5)c3)cc12. The van der Waals surface area contributed by atoms with Gasteiger partial charge in [0, 0.05) is 36.1 Å². The van der Waals surface area contributed by atoms with Crippen LogP contribution in [-0.2, 0) is 0 Å². The second-order valence-electron chi connectivity index (χ2n) is 11.0. The van der Waals surface area contributed by atoms with Crippen molar-refractivity contribution >= 4 is 22.8 Å². The Kier molecular flexibility index (Phi) is 7.39. The van der Waals surface area contributed by atoms with Crippen LogP contribution in [-0.4, -0.2) is 49.4 Å². The molecule has 40 heavy (non-hydrogen) atoms. The van der Waals surface area contributed by atoms with Crippen LogP contribution in [0.15, 0.2) is 71.1 Å². The standard InChI is InChI=1S/C33H34FN3O3/c1-35-33(39)30-27-19-24(12-15-29(27)40-31(30)22-10-13-26(34)14-11-22)23-7-4-8-25(18-23)32(38)36-28-20-37-16-3-2-6-21(28)9-5-17-37/h4,7-8,10-15,18-19,21,28H,2-3,5-6,9,16-17,20H2,1H3,(H,35,39)(H,36,38). The number of rotatable bonds is 5. The number of benzene rings is 3. The Morgan fingerprint density at radius 2 is 1.62 bits per heavy atom. The molecule has 3 heterocycles. The summed E-state index contributed by atoms with van der Waals surface area (Å²) in [6, 6.07) is 19.4.